The Labute approximate surface area is 221 Å². The number of amides is 1. The van der Waals surface area contributed by atoms with E-state index in [1.165, 1.54) is 5.56 Å². The minimum atomic E-state index is -1.82. The predicted octanol–water partition coefficient (Wildman–Crippen LogP) is 3.32. The van der Waals surface area contributed by atoms with Crippen LogP contribution in [0.15, 0.2) is 78.9 Å². The minimum Gasteiger partial charge on any atom is -0.493 e. The van der Waals surface area contributed by atoms with E-state index >= 15 is 0 Å². The van der Waals surface area contributed by atoms with Crippen LogP contribution in [-0.2, 0) is 34.0 Å². The van der Waals surface area contributed by atoms with Crippen LogP contribution < -0.4 is 9.47 Å². The van der Waals surface area contributed by atoms with E-state index < -0.39 is 11.9 Å². The Bertz CT molecular complexity index is 1180. The maximum Gasteiger partial charge on any atom is 0.414 e. The van der Waals surface area contributed by atoms with Gasteiger partial charge in [-0.1, -0.05) is 66.7 Å². The van der Waals surface area contributed by atoms with Crippen molar-refractivity contribution < 1.29 is 34.1 Å². The van der Waals surface area contributed by atoms with Gasteiger partial charge in [0.2, 0.25) is 5.91 Å². The number of carbonyl (C=O) groups is 3. The van der Waals surface area contributed by atoms with Crippen molar-refractivity contribution in [3.05, 3.63) is 95.6 Å². The van der Waals surface area contributed by atoms with Crippen LogP contribution in [0.3, 0.4) is 0 Å². The third-order valence-electron chi connectivity index (χ3n) is 5.98. The van der Waals surface area contributed by atoms with Gasteiger partial charge in [-0.3, -0.25) is 9.69 Å². The third-order valence-corrected chi connectivity index (χ3v) is 5.98. The quantitative estimate of drug-likeness (QED) is 0.435. The van der Waals surface area contributed by atoms with Gasteiger partial charge in [-0.2, -0.15) is 0 Å². The molecule has 0 radical (unpaired) electrons. The second-order valence-corrected chi connectivity index (χ2v) is 8.69. The first-order valence-electron chi connectivity index (χ1n) is 12.2. The highest BCUT2D eigenvalue weighted by Crippen LogP contribution is 2.29. The average Bonchev–Trinajstić information content (AvgIpc) is 2.94. The largest absolute Gasteiger partial charge is 0.493 e. The van der Waals surface area contributed by atoms with Gasteiger partial charge in [-0.25, -0.2) is 9.59 Å². The molecular formula is C29H32N2O7. The van der Waals surface area contributed by atoms with Crippen molar-refractivity contribution in [1.29, 1.82) is 0 Å². The molecule has 38 heavy (non-hydrogen) atoms. The molecule has 1 heterocycles. The molecule has 200 valence electrons. The first kappa shape index (κ1) is 28.2. The lowest BCUT2D eigenvalue weighted by Crippen LogP contribution is -2.48. The molecule has 1 fully saturated rings. The van der Waals surface area contributed by atoms with Crippen molar-refractivity contribution in [3.8, 4) is 11.5 Å². The Morgan fingerprint density at radius 1 is 0.737 bits per heavy atom. The Balaban J connectivity index is 0.000000599. The third kappa shape index (κ3) is 8.94. The van der Waals surface area contributed by atoms with Crippen LogP contribution in [-0.4, -0.2) is 71.1 Å². The average molecular weight is 521 g/mol. The molecular weight excluding hydrogens is 488 g/mol. The SMILES string of the molecule is COc1ccc(CN2CCN(C(=O)Cc3ccccc3)CC2)cc1OCc1ccccc1.O=C(O)C(=O)O. The summed E-state index contributed by atoms with van der Waals surface area (Å²) < 4.78 is 11.5. The summed E-state index contributed by atoms with van der Waals surface area (Å²) in [5.74, 6) is -1.95. The van der Waals surface area contributed by atoms with Crippen LogP contribution in [0.5, 0.6) is 11.5 Å². The first-order chi connectivity index (χ1) is 18.4. The highest BCUT2D eigenvalue weighted by Gasteiger charge is 2.21. The van der Waals surface area contributed by atoms with Crippen molar-refractivity contribution in [3.63, 3.8) is 0 Å². The molecule has 9 heteroatoms. The van der Waals surface area contributed by atoms with Crippen molar-refractivity contribution >= 4 is 17.8 Å². The van der Waals surface area contributed by atoms with Crippen molar-refractivity contribution in [2.75, 3.05) is 33.3 Å². The molecule has 1 aliphatic rings. The van der Waals surface area contributed by atoms with Gasteiger partial charge in [0.25, 0.3) is 0 Å². The van der Waals surface area contributed by atoms with Gasteiger partial charge >= 0.3 is 11.9 Å². The van der Waals surface area contributed by atoms with E-state index in [1.807, 2.05) is 59.5 Å². The normalized spacial score (nSPS) is 13.1. The molecule has 0 bridgehead atoms. The summed E-state index contributed by atoms with van der Waals surface area (Å²) in [7, 11) is 1.66. The number of hydrogen-bond acceptors (Lipinski definition) is 6. The van der Waals surface area contributed by atoms with E-state index in [4.69, 9.17) is 29.3 Å². The zero-order valence-corrected chi connectivity index (χ0v) is 21.3. The van der Waals surface area contributed by atoms with Gasteiger partial charge in [-0.05, 0) is 28.8 Å². The predicted molar refractivity (Wildman–Crippen MR) is 141 cm³/mol. The zero-order chi connectivity index (χ0) is 27.3. The van der Waals surface area contributed by atoms with E-state index in [1.54, 1.807) is 7.11 Å². The molecule has 0 aliphatic carbocycles. The summed E-state index contributed by atoms with van der Waals surface area (Å²) in [5.41, 5.74) is 3.37. The number of hydrogen-bond donors (Lipinski definition) is 2. The molecule has 1 saturated heterocycles. The summed E-state index contributed by atoms with van der Waals surface area (Å²) in [6.45, 7) is 4.59. The molecule has 3 aromatic rings. The number of carboxylic acids is 2. The van der Waals surface area contributed by atoms with Gasteiger partial charge in [0, 0.05) is 32.7 Å². The van der Waals surface area contributed by atoms with Crippen molar-refractivity contribution in [2.45, 2.75) is 19.6 Å². The molecule has 3 aromatic carbocycles. The molecule has 0 spiro atoms. The molecule has 1 aliphatic heterocycles. The molecule has 9 nitrogen and oxygen atoms in total. The Kier molecular flexibility index (Phi) is 10.7. The second-order valence-electron chi connectivity index (χ2n) is 8.69. The van der Waals surface area contributed by atoms with Crippen LogP contribution in [0, 0.1) is 0 Å². The molecule has 0 saturated carbocycles. The number of nitrogens with zero attached hydrogens (tertiary/aromatic N) is 2. The van der Waals surface area contributed by atoms with Crippen LogP contribution in [0.2, 0.25) is 0 Å². The van der Waals surface area contributed by atoms with Crippen molar-refractivity contribution in [2.24, 2.45) is 0 Å². The number of carbonyl (C=O) groups excluding carboxylic acids is 1. The molecule has 0 aromatic heterocycles. The van der Waals surface area contributed by atoms with Crippen LogP contribution in [0.1, 0.15) is 16.7 Å². The zero-order valence-electron chi connectivity index (χ0n) is 21.3. The van der Waals surface area contributed by atoms with E-state index in [0.717, 1.165) is 55.3 Å². The lowest BCUT2D eigenvalue weighted by molar-refractivity contribution is -0.159. The van der Waals surface area contributed by atoms with Gasteiger partial charge in [0.1, 0.15) is 6.61 Å². The first-order valence-corrected chi connectivity index (χ1v) is 12.2. The molecule has 1 amide bonds. The number of rotatable bonds is 8. The Morgan fingerprint density at radius 2 is 1.32 bits per heavy atom. The van der Waals surface area contributed by atoms with Gasteiger partial charge in [-0.15, -0.1) is 0 Å². The summed E-state index contributed by atoms with van der Waals surface area (Å²) in [5, 5.41) is 14.8. The lowest BCUT2D eigenvalue weighted by atomic mass is 10.1. The second kappa shape index (κ2) is 14.4. The van der Waals surface area contributed by atoms with Gasteiger partial charge in [0.05, 0.1) is 13.5 Å². The maximum absolute atomic E-state index is 12.6. The molecule has 2 N–H and O–H groups in total. The Morgan fingerprint density at radius 3 is 1.87 bits per heavy atom. The standard InChI is InChI=1S/C27H30N2O3.C2H2O4/c1-31-25-13-12-24(18-26(25)32-21-23-10-6-3-7-11-23)20-28-14-16-29(17-15-28)27(30)19-22-8-4-2-5-9-22;3-1(4)2(5)6/h2-13,18H,14-17,19-21H2,1H3;(H,3,4)(H,5,6). The molecule has 0 atom stereocenters. The van der Waals surface area contributed by atoms with Crippen LogP contribution in [0.25, 0.3) is 0 Å². The Hall–Kier alpha value is -4.37. The van der Waals surface area contributed by atoms with Gasteiger partial charge < -0.3 is 24.6 Å². The number of ether oxygens (including phenoxy) is 2. The van der Waals surface area contributed by atoms with Crippen LogP contribution >= 0.6 is 0 Å². The van der Waals surface area contributed by atoms with E-state index in [0.29, 0.717) is 13.0 Å². The monoisotopic (exact) mass is 520 g/mol. The highest BCUT2D eigenvalue weighted by molar-refractivity contribution is 6.27. The summed E-state index contributed by atoms with van der Waals surface area (Å²) in [4.78, 5) is 35.2. The summed E-state index contributed by atoms with van der Waals surface area (Å²) in [6, 6.07) is 26.2. The fraction of sp³-hybridized carbons (Fsp3) is 0.276. The highest BCUT2D eigenvalue weighted by atomic mass is 16.5. The number of carboxylic acid groups (broad SMARTS) is 2. The maximum atomic E-state index is 12.6. The number of benzene rings is 3. The van der Waals surface area contributed by atoms with Gasteiger partial charge in [0.15, 0.2) is 11.5 Å². The molecule has 0 unspecified atom stereocenters. The number of methoxy groups -OCH3 is 1. The topological polar surface area (TPSA) is 117 Å². The summed E-state index contributed by atoms with van der Waals surface area (Å²) >= 11 is 0. The number of aliphatic carboxylic acids is 2. The van der Waals surface area contributed by atoms with Crippen LogP contribution in [0.4, 0.5) is 0 Å². The smallest absolute Gasteiger partial charge is 0.414 e. The van der Waals surface area contributed by atoms with E-state index in [-0.39, 0.29) is 5.91 Å². The van der Waals surface area contributed by atoms with Crippen molar-refractivity contribution in [1.82, 2.24) is 9.80 Å². The lowest BCUT2D eigenvalue weighted by Gasteiger charge is -2.35. The molecule has 4 rings (SSSR count). The summed E-state index contributed by atoms with van der Waals surface area (Å²) in [6.07, 6.45) is 0.474. The van der Waals surface area contributed by atoms with E-state index in [2.05, 4.69) is 29.2 Å². The minimum absolute atomic E-state index is 0.205. The fourth-order valence-corrected chi connectivity index (χ4v) is 3.96. The van der Waals surface area contributed by atoms with E-state index in [9.17, 15) is 4.79 Å². The fourth-order valence-electron chi connectivity index (χ4n) is 3.96. The number of piperazine rings is 1.